The second kappa shape index (κ2) is 7.14. The Morgan fingerprint density at radius 2 is 1.76 bits per heavy atom. The van der Waals surface area contributed by atoms with Crippen LogP contribution in [0.25, 0.3) is 0 Å². The molecule has 114 valence electrons. The number of hydrogen-bond acceptors (Lipinski definition) is 3. The first kappa shape index (κ1) is 16.1. The summed E-state index contributed by atoms with van der Waals surface area (Å²) in [5.74, 6) is -0.764. The van der Waals surface area contributed by atoms with Crippen molar-refractivity contribution in [3.8, 4) is 0 Å². The van der Waals surface area contributed by atoms with E-state index >= 15 is 0 Å². The third-order valence-corrected chi connectivity index (χ3v) is 3.92. The molecule has 0 aromatic heterocycles. The van der Waals surface area contributed by atoms with Crippen LogP contribution in [0, 0.1) is 5.92 Å². The Morgan fingerprint density at radius 3 is 2.33 bits per heavy atom. The summed E-state index contributed by atoms with van der Waals surface area (Å²) in [5, 5.41) is 3.48. The molecule has 0 unspecified atom stereocenters. The summed E-state index contributed by atoms with van der Waals surface area (Å²) in [6.45, 7) is 1.55. The van der Waals surface area contributed by atoms with Crippen molar-refractivity contribution in [2.24, 2.45) is 5.92 Å². The summed E-state index contributed by atoms with van der Waals surface area (Å²) in [5.41, 5.74) is 0.473. The van der Waals surface area contributed by atoms with Crippen LogP contribution in [0.5, 0.6) is 0 Å². The lowest BCUT2D eigenvalue weighted by Crippen LogP contribution is -2.31. The highest BCUT2D eigenvalue weighted by Gasteiger charge is 2.27. The van der Waals surface area contributed by atoms with Gasteiger partial charge < -0.3 is 10.1 Å². The molecule has 1 aliphatic rings. The lowest BCUT2D eigenvalue weighted by atomic mass is 10.1. The van der Waals surface area contributed by atoms with E-state index < -0.39 is 12.0 Å². The summed E-state index contributed by atoms with van der Waals surface area (Å²) in [4.78, 5) is 23.9. The minimum Gasteiger partial charge on any atom is -0.452 e. The van der Waals surface area contributed by atoms with Gasteiger partial charge in [-0.15, -0.1) is 0 Å². The zero-order valence-corrected chi connectivity index (χ0v) is 13.2. The number of carbonyl (C=O) groups excluding carboxylic acids is 2. The van der Waals surface area contributed by atoms with Gasteiger partial charge in [0.25, 0.3) is 5.91 Å². The van der Waals surface area contributed by atoms with Gasteiger partial charge in [0.1, 0.15) is 0 Å². The molecule has 0 saturated heterocycles. The van der Waals surface area contributed by atoms with Crippen molar-refractivity contribution in [1.29, 1.82) is 0 Å². The molecule has 0 radical (unpaired) electrons. The Balaban J connectivity index is 1.91. The summed E-state index contributed by atoms with van der Waals surface area (Å²) in [7, 11) is 0. The van der Waals surface area contributed by atoms with Crippen LogP contribution in [0.3, 0.4) is 0 Å². The summed E-state index contributed by atoms with van der Waals surface area (Å²) in [6, 6.07) is 4.73. The second-order valence-electron chi connectivity index (χ2n) is 5.21. The van der Waals surface area contributed by atoms with E-state index in [2.05, 4.69) is 5.32 Å². The maximum absolute atomic E-state index is 12.0. The van der Waals surface area contributed by atoms with E-state index in [1.54, 1.807) is 25.1 Å². The van der Waals surface area contributed by atoms with Gasteiger partial charge in [-0.05, 0) is 38.0 Å². The van der Waals surface area contributed by atoms with Gasteiger partial charge in [0.2, 0.25) is 0 Å². The Morgan fingerprint density at radius 1 is 1.19 bits per heavy atom. The first-order chi connectivity index (χ1) is 9.95. The van der Waals surface area contributed by atoms with Gasteiger partial charge in [0.05, 0.1) is 5.92 Å². The van der Waals surface area contributed by atoms with Gasteiger partial charge in [-0.1, -0.05) is 36.0 Å². The minimum absolute atomic E-state index is 0.0686. The Labute approximate surface area is 133 Å². The molecule has 1 atom stereocenters. The maximum Gasteiger partial charge on any atom is 0.309 e. The molecule has 1 amide bonds. The van der Waals surface area contributed by atoms with Crippen molar-refractivity contribution in [2.75, 3.05) is 5.32 Å². The van der Waals surface area contributed by atoms with Gasteiger partial charge in [0.15, 0.2) is 6.10 Å². The van der Waals surface area contributed by atoms with Crippen LogP contribution in [0.4, 0.5) is 5.69 Å². The topological polar surface area (TPSA) is 55.4 Å². The zero-order chi connectivity index (χ0) is 15.4. The Hall–Kier alpha value is -1.26. The molecular formula is C15H17Cl2NO3. The molecule has 0 heterocycles. The van der Waals surface area contributed by atoms with Gasteiger partial charge in [0, 0.05) is 15.7 Å². The number of ether oxygens (including phenoxy) is 1. The molecule has 2 rings (SSSR count). The summed E-state index contributed by atoms with van der Waals surface area (Å²) in [6.07, 6.45) is 2.92. The molecule has 0 bridgehead atoms. The third-order valence-electron chi connectivity index (χ3n) is 3.48. The van der Waals surface area contributed by atoms with Crippen LogP contribution in [-0.4, -0.2) is 18.0 Å². The Bertz CT molecular complexity index is 521. The molecule has 1 fully saturated rings. The molecule has 4 nitrogen and oxygen atoms in total. The predicted molar refractivity (Wildman–Crippen MR) is 82.6 cm³/mol. The van der Waals surface area contributed by atoms with Crippen molar-refractivity contribution in [3.63, 3.8) is 0 Å². The standard InChI is InChI=1S/C15H17Cl2NO3/c1-9(21-15(20)10-4-2-3-5-10)14(19)18-13-7-11(16)6-12(17)8-13/h6-10H,2-5H2,1H3,(H,18,19)/t9-/m0/s1. The molecule has 1 aliphatic carbocycles. The average molecular weight is 330 g/mol. The van der Waals surface area contributed by atoms with Crippen molar-refractivity contribution < 1.29 is 14.3 Å². The van der Waals surface area contributed by atoms with E-state index in [0.29, 0.717) is 15.7 Å². The number of halogens is 2. The number of rotatable bonds is 4. The number of amides is 1. The SMILES string of the molecule is C[C@H](OC(=O)C1CCCC1)C(=O)Nc1cc(Cl)cc(Cl)c1. The number of carbonyl (C=O) groups is 2. The molecule has 21 heavy (non-hydrogen) atoms. The van der Waals surface area contributed by atoms with E-state index in [-0.39, 0.29) is 11.9 Å². The second-order valence-corrected chi connectivity index (χ2v) is 6.08. The largest absolute Gasteiger partial charge is 0.452 e. The van der Waals surface area contributed by atoms with Crippen molar-refractivity contribution >= 4 is 40.8 Å². The first-order valence-corrected chi connectivity index (χ1v) is 7.69. The lowest BCUT2D eigenvalue weighted by molar-refractivity contribution is -0.157. The highest BCUT2D eigenvalue weighted by Crippen LogP contribution is 2.26. The number of hydrogen-bond donors (Lipinski definition) is 1. The molecule has 1 aromatic rings. The number of anilines is 1. The quantitative estimate of drug-likeness (QED) is 0.847. The fraction of sp³-hybridized carbons (Fsp3) is 0.467. The van der Waals surface area contributed by atoms with Gasteiger partial charge in [-0.25, -0.2) is 0 Å². The molecule has 0 spiro atoms. The average Bonchev–Trinajstić information content (AvgIpc) is 2.91. The van der Waals surface area contributed by atoms with Crippen LogP contribution in [0.15, 0.2) is 18.2 Å². The van der Waals surface area contributed by atoms with E-state index in [1.165, 1.54) is 0 Å². The van der Waals surface area contributed by atoms with E-state index in [9.17, 15) is 9.59 Å². The van der Waals surface area contributed by atoms with Crippen LogP contribution in [0.2, 0.25) is 10.0 Å². The van der Waals surface area contributed by atoms with Crippen LogP contribution in [0.1, 0.15) is 32.6 Å². The number of nitrogens with one attached hydrogen (secondary N) is 1. The molecule has 1 saturated carbocycles. The summed E-state index contributed by atoms with van der Waals surface area (Å²) >= 11 is 11.7. The van der Waals surface area contributed by atoms with Crippen LogP contribution >= 0.6 is 23.2 Å². The van der Waals surface area contributed by atoms with Crippen molar-refractivity contribution in [3.05, 3.63) is 28.2 Å². The van der Waals surface area contributed by atoms with Crippen molar-refractivity contribution in [1.82, 2.24) is 0 Å². The van der Waals surface area contributed by atoms with Gasteiger partial charge in [-0.2, -0.15) is 0 Å². The van der Waals surface area contributed by atoms with E-state index in [4.69, 9.17) is 27.9 Å². The lowest BCUT2D eigenvalue weighted by Gasteiger charge is -2.16. The van der Waals surface area contributed by atoms with E-state index in [1.807, 2.05) is 0 Å². The monoisotopic (exact) mass is 329 g/mol. The van der Waals surface area contributed by atoms with Crippen LogP contribution < -0.4 is 5.32 Å². The van der Waals surface area contributed by atoms with Gasteiger partial charge >= 0.3 is 5.97 Å². The minimum atomic E-state index is -0.851. The number of esters is 1. The normalized spacial score (nSPS) is 16.5. The molecule has 0 aliphatic heterocycles. The molecule has 1 aromatic carbocycles. The highest BCUT2D eigenvalue weighted by molar-refractivity contribution is 6.35. The van der Waals surface area contributed by atoms with Crippen LogP contribution in [-0.2, 0) is 14.3 Å². The third kappa shape index (κ3) is 4.61. The maximum atomic E-state index is 12.0. The van der Waals surface area contributed by atoms with Gasteiger partial charge in [-0.3, -0.25) is 9.59 Å². The highest BCUT2D eigenvalue weighted by atomic mass is 35.5. The summed E-state index contributed by atoms with van der Waals surface area (Å²) < 4.78 is 5.21. The fourth-order valence-electron chi connectivity index (χ4n) is 2.36. The number of benzene rings is 1. The zero-order valence-electron chi connectivity index (χ0n) is 11.7. The fourth-order valence-corrected chi connectivity index (χ4v) is 2.88. The molecular weight excluding hydrogens is 313 g/mol. The smallest absolute Gasteiger partial charge is 0.309 e. The predicted octanol–water partition coefficient (Wildman–Crippen LogP) is 4.05. The molecule has 6 heteroatoms. The van der Waals surface area contributed by atoms with Crippen molar-refractivity contribution in [2.45, 2.75) is 38.7 Å². The van der Waals surface area contributed by atoms with E-state index in [0.717, 1.165) is 25.7 Å². The Kier molecular flexibility index (Phi) is 5.48. The first-order valence-electron chi connectivity index (χ1n) is 6.93. The molecule has 1 N–H and O–H groups in total.